The van der Waals surface area contributed by atoms with Crippen molar-refractivity contribution in [2.75, 3.05) is 6.54 Å². The number of rotatable bonds is 5. The number of thiazole rings is 1. The van der Waals surface area contributed by atoms with Gasteiger partial charge in [-0.1, -0.05) is 51.6 Å². The quantitative estimate of drug-likeness (QED) is 0.762. The van der Waals surface area contributed by atoms with Crippen LogP contribution in [0.15, 0.2) is 42.1 Å². The van der Waals surface area contributed by atoms with Gasteiger partial charge in [-0.05, 0) is 43.9 Å². The summed E-state index contributed by atoms with van der Waals surface area (Å²) in [5.41, 5.74) is 6.63. The lowest BCUT2D eigenvalue weighted by molar-refractivity contribution is 0.558. The molecule has 25 heavy (non-hydrogen) atoms. The topological polar surface area (TPSA) is 37.0 Å². The van der Waals surface area contributed by atoms with E-state index in [2.05, 4.69) is 67.2 Å². The van der Waals surface area contributed by atoms with Gasteiger partial charge in [-0.25, -0.2) is 4.98 Å². The first kappa shape index (κ1) is 19.7. The summed E-state index contributed by atoms with van der Waals surface area (Å²) in [7, 11) is 0. The molecule has 0 saturated carbocycles. The van der Waals surface area contributed by atoms with Gasteiger partial charge in [-0.2, -0.15) is 0 Å². The first-order chi connectivity index (χ1) is 12.0. The van der Waals surface area contributed by atoms with Gasteiger partial charge >= 0.3 is 0 Å². The molecule has 0 radical (unpaired) electrons. The first-order valence-corrected chi connectivity index (χ1v) is 10.1. The normalized spacial score (nSPS) is 20.5. The molecule has 136 valence electrons. The largest absolute Gasteiger partial charge is 0.381 e. The molecule has 2 N–H and O–H groups in total. The Bertz CT molecular complexity index is 675. The van der Waals surface area contributed by atoms with Gasteiger partial charge in [0, 0.05) is 17.8 Å². The van der Waals surface area contributed by atoms with E-state index in [1.165, 1.54) is 22.4 Å². The molecule has 4 heteroatoms. The van der Waals surface area contributed by atoms with Gasteiger partial charge in [-0.15, -0.1) is 11.3 Å². The Kier molecular flexibility index (Phi) is 7.21. The van der Waals surface area contributed by atoms with Crippen LogP contribution in [0.4, 0.5) is 0 Å². The maximum atomic E-state index is 4.33. The van der Waals surface area contributed by atoms with Gasteiger partial charge in [0.25, 0.3) is 0 Å². The summed E-state index contributed by atoms with van der Waals surface area (Å²) in [5, 5.41) is 7.09. The standard InChI is InChI=1S/C19H25N3S.C2H6/c1-12-9-18(20-10-12)14(3)22-13(2)16-5-7-17(8-6-16)19-15(4)21-11-23-19;1-2/h5-8,11-13,18,20,22H,3,9-10H2,1-2,4H3;1-2H3. The highest BCUT2D eigenvalue weighted by atomic mass is 32.1. The van der Waals surface area contributed by atoms with Gasteiger partial charge in [0.1, 0.15) is 0 Å². The number of benzene rings is 1. The van der Waals surface area contributed by atoms with Crippen molar-refractivity contribution in [3.8, 4) is 10.4 Å². The fraction of sp³-hybridized carbons (Fsp3) is 0.476. The second-order valence-corrected chi connectivity index (χ2v) is 7.44. The monoisotopic (exact) mass is 357 g/mol. The summed E-state index contributed by atoms with van der Waals surface area (Å²) < 4.78 is 0. The van der Waals surface area contributed by atoms with Gasteiger partial charge < -0.3 is 10.6 Å². The van der Waals surface area contributed by atoms with Crippen LogP contribution in [0, 0.1) is 12.8 Å². The molecule has 0 aliphatic carbocycles. The van der Waals surface area contributed by atoms with E-state index in [9.17, 15) is 0 Å². The van der Waals surface area contributed by atoms with Gasteiger partial charge in [0.15, 0.2) is 0 Å². The third-order valence-corrected chi connectivity index (χ3v) is 5.57. The van der Waals surface area contributed by atoms with E-state index >= 15 is 0 Å². The minimum atomic E-state index is 0.261. The molecule has 1 fully saturated rings. The molecule has 3 rings (SSSR count). The molecule has 1 saturated heterocycles. The molecular formula is C21H31N3S. The predicted molar refractivity (Wildman–Crippen MR) is 110 cm³/mol. The van der Waals surface area contributed by atoms with E-state index in [0.717, 1.165) is 23.9 Å². The maximum absolute atomic E-state index is 4.33. The minimum absolute atomic E-state index is 0.261. The van der Waals surface area contributed by atoms with Gasteiger partial charge in [0.2, 0.25) is 0 Å². The zero-order valence-corrected chi connectivity index (χ0v) is 16.9. The number of hydrogen-bond acceptors (Lipinski definition) is 4. The molecule has 1 aromatic heterocycles. The Hall–Kier alpha value is -1.65. The Morgan fingerprint density at radius 3 is 2.52 bits per heavy atom. The number of nitrogens with zero attached hydrogens (tertiary/aromatic N) is 1. The average molecular weight is 358 g/mol. The number of aryl methyl sites for hydroxylation is 1. The Morgan fingerprint density at radius 2 is 2.00 bits per heavy atom. The molecule has 1 aromatic carbocycles. The van der Waals surface area contributed by atoms with Crippen molar-refractivity contribution in [3.63, 3.8) is 0 Å². The van der Waals surface area contributed by atoms with Gasteiger partial charge in [-0.3, -0.25) is 0 Å². The number of hydrogen-bond donors (Lipinski definition) is 2. The van der Waals surface area contributed by atoms with E-state index in [1.54, 1.807) is 11.3 Å². The summed E-state index contributed by atoms with van der Waals surface area (Å²) in [6, 6.07) is 9.43. The molecule has 3 nitrogen and oxygen atoms in total. The van der Waals surface area contributed by atoms with Crippen LogP contribution in [-0.2, 0) is 0 Å². The smallest absolute Gasteiger partial charge is 0.0801 e. The molecule has 0 amide bonds. The highest BCUT2D eigenvalue weighted by Gasteiger charge is 2.23. The SMILES string of the molecule is C=C(NC(C)c1ccc(-c2scnc2C)cc1)C1CC(C)CN1.CC. The Morgan fingerprint density at radius 1 is 1.32 bits per heavy atom. The second kappa shape index (κ2) is 9.16. The van der Waals surface area contributed by atoms with E-state index in [1.807, 2.05) is 19.4 Å². The van der Waals surface area contributed by atoms with Crippen molar-refractivity contribution in [2.45, 2.75) is 53.1 Å². The lowest BCUT2D eigenvalue weighted by Gasteiger charge is -2.22. The lowest BCUT2D eigenvalue weighted by atomic mass is 10.0. The third kappa shape index (κ3) is 4.93. The molecule has 2 aromatic rings. The second-order valence-electron chi connectivity index (χ2n) is 6.58. The molecule has 3 unspecified atom stereocenters. The Balaban J connectivity index is 0.00000109. The molecule has 1 aliphatic heterocycles. The van der Waals surface area contributed by atoms with Crippen LogP contribution in [-0.4, -0.2) is 17.6 Å². The van der Waals surface area contributed by atoms with Crippen molar-refractivity contribution >= 4 is 11.3 Å². The number of aromatic nitrogens is 1. The van der Waals surface area contributed by atoms with E-state index in [-0.39, 0.29) is 6.04 Å². The summed E-state index contributed by atoms with van der Waals surface area (Å²) >= 11 is 1.70. The molecule has 1 aliphatic rings. The highest BCUT2D eigenvalue weighted by molar-refractivity contribution is 7.13. The maximum Gasteiger partial charge on any atom is 0.0801 e. The van der Waals surface area contributed by atoms with Crippen molar-refractivity contribution in [3.05, 3.63) is 53.3 Å². The van der Waals surface area contributed by atoms with Crippen LogP contribution in [0.25, 0.3) is 10.4 Å². The highest BCUT2D eigenvalue weighted by Crippen LogP contribution is 2.28. The lowest BCUT2D eigenvalue weighted by Crippen LogP contribution is -2.32. The van der Waals surface area contributed by atoms with Crippen LogP contribution < -0.4 is 10.6 Å². The van der Waals surface area contributed by atoms with Crippen LogP contribution >= 0.6 is 11.3 Å². The van der Waals surface area contributed by atoms with E-state index in [0.29, 0.717) is 6.04 Å². The third-order valence-electron chi connectivity index (χ3n) is 4.59. The summed E-state index contributed by atoms with van der Waals surface area (Å²) in [6.45, 7) is 15.8. The summed E-state index contributed by atoms with van der Waals surface area (Å²) in [5.74, 6) is 0.732. The van der Waals surface area contributed by atoms with Crippen molar-refractivity contribution < 1.29 is 0 Å². The Labute approximate surface area is 156 Å². The van der Waals surface area contributed by atoms with Gasteiger partial charge in [0.05, 0.1) is 16.1 Å². The molecular weight excluding hydrogens is 326 g/mol. The minimum Gasteiger partial charge on any atom is -0.381 e. The van der Waals surface area contributed by atoms with Crippen LogP contribution in [0.5, 0.6) is 0 Å². The predicted octanol–water partition coefficient (Wildman–Crippen LogP) is 5.31. The zero-order valence-electron chi connectivity index (χ0n) is 16.1. The van der Waals surface area contributed by atoms with Crippen LogP contribution in [0.1, 0.15) is 51.4 Å². The summed E-state index contributed by atoms with van der Waals surface area (Å²) in [6.07, 6.45) is 1.17. The molecule has 3 atom stereocenters. The summed E-state index contributed by atoms with van der Waals surface area (Å²) in [4.78, 5) is 5.58. The molecule has 0 bridgehead atoms. The van der Waals surface area contributed by atoms with Crippen LogP contribution in [0.2, 0.25) is 0 Å². The zero-order chi connectivity index (χ0) is 18.4. The number of nitrogens with one attached hydrogen (secondary N) is 2. The fourth-order valence-corrected chi connectivity index (χ4v) is 3.95. The fourth-order valence-electron chi connectivity index (χ4n) is 3.14. The van der Waals surface area contributed by atoms with E-state index in [4.69, 9.17) is 0 Å². The molecule has 2 heterocycles. The first-order valence-electron chi connectivity index (χ1n) is 9.23. The van der Waals surface area contributed by atoms with Crippen LogP contribution in [0.3, 0.4) is 0 Å². The molecule has 0 spiro atoms. The van der Waals surface area contributed by atoms with E-state index < -0.39 is 0 Å². The van der Waals surface area contributed by atoms with Crippen molar-refractivity contribution in [1.82, 2.24) is 15.6 Å². The van der Waals surface area contributed by atoms with Crippen molar-refractivity contribution in [2.24, 2.45) is 5.92 Å². The average Bonchev–Trinajstić information content (AvgIpc) is 3.25. The van der Waals surface area contributed by atoms with Crippen molar-refractivity contribution in [1.29, 1.82) is 0 Å².